The van der Waals surface area contributed by atoms with E-state index in [0.717, 1.165) is 51.6 Å². The number of aryl methyl sites for hydroxylation is 1. The van der Waals surface area contributed by atoms with Crippen molar-refractivity contribution in [2.45, 2.75) is 50.2 Å². The Hall–Kier alpha value is -0.860. The van der Waals surface area contributed by atoms with E-state index in [-0.39, 0.29) is 36.2 Å². The molecule has 27 heavy (non-hydrogen) atoms. The molecule has 1 N–H and O–H groups in total. The Morgan fingerprint density at radius 3 is 2.81 bits per heavy atom. The molecule has 2 heterocycles. The quantitative estimate of drug-likeness (QED) is 0.406. The van der Waals surface area contributed by atoms with E-state index in [4.69, 9.17) is 9.47 Å². The Morgan fingerprint density at radius 2 is 2.00 bits per heavy atom. The molecule has 2 fully saturated rings. The fourth-order valence-corrected chi connectivity index (χ4v) is 4.60. The Balaban J connectivity index is 0.00000210. The number of benzene rings is 1. The van der Waals surface area contributed by atoms with Crippen LogP contribution in [0.5, 0.6) is 0 Å². The third-order valence-corrected chi connectivity index (χ3v) is 5.98. The first kappa shape index (κ1) is 20.9. The molecule has 0 bridgehead atoms. The van der Waals surface area contributed by atoms with Crippen molar-refractivity contribution in [3.8, 4) is 0 Å². The van der Waals surface area contributed by atoms with Crippen LogP contribution in [0.4, 0.5) is 0 Å². The summed E-state index contributed by atoms with van der Waals surface area (Å²) in [5.74, 6) is 1.58. The van der Waals surface area contributed by atoms with Gasteiger partial charge < -0.3 is 19.7 Å². The summed E-state index contributed by atoms with van der Waals surface area (Å²) >= 11 is 0. The van der Waals surface area contributed by atoms with E-state index in [1.807, 2.05) is 7.05 Å². The molecule has 0 radical (unpaired) electrons. The topological polar surface area (TPSA) is 46.1 Å². The van der Waals surface area contributed by atoms with Crippen molar-refractivity contribution in [3.05, 3.63) is 35.4 Å². The number of hydrogen-bond acceptors (Lipinski definition) is 3. The summed E-state index contributed by atoms with van der Waals surface area (Å²) in [6, 6.07) is 8.91. The van der Waals surface area contributed by atoms with Gasteiger partial charge in [0.25, 0.3) is 0 Å². The van der Waals surface area contributed by atoms with Gasteiger partial charge in [0.05, 0.1) is 12.7 Å². The highest BCUT2D eigenvalue weighted by Crippen LogP contribution is 2.31. The Kier molecular flexibility index (Phi) is 7.78. The van der Waals surface area contributed by atoms with Gasteiger partial charge in [0.15, 0.2) is 5.96 Å². The van der Waals surface area contributed by atoms with Crippen LogP contribution in [0.25, 0.3) is 0 Å². The van der Waals surface area contributed by atoms with Gasteiger partial charge in [0.1, 0.15) is 6.10 Å². The highest BCUT2D eigenvalue weighted by atomic mass is 127. The molecule has 0 spiro atoms. The summed E-state index contributed by atoms with van der Waals surface area (Å²) in [6.07, 6.45) is 6.43. The monoisotopic (exact) mass is 485 g/mol. The zero-order chi connectivity index (χ0) is 17.8. The minimum atomic E-state index is 0. The van der Waals surface area contributed by atoms with Crippen LogP contribution >= 0.6 is 24.0 Å². The molecule has 1 aromatic carbocycles. The lowest BCUT2D eigenvalue weighted by Crippen LogP contribution is -2.53. The zero-order valence-corrected chi connectivity index (χ0v) is 18.6. The molecule has 6 heteroatoms. The molecule has 2 aliphatic heterocycles. The number of nitrogens with one attached hydrogen (secondary N) is 1. The normalized spacial score (nSPS) is 28.4. The van der Waals surface area contributed by atoms with Crippen molar-refractivity contribution in [2.75, 3.05) is 39.9 Å². The molecule has 0 saturated carbocycles. The Bertz CT molecular complexity index is 634. The smallest absolute Gasteiger partial charge is 0.193 e. The summed E-state index contributed by atoms with van der Waals surface area (Å²) in [6.45, 7) is 4.33. The minimum absolute atomic E-state index is 0. The molecule has 4 rings (SSSR count). The van der Waals surface area contributed by atoms with Gasteiger partial charge >= 0.3 is 0 Å². The maximum atomic E-state index is 5.98. The summed E-state index contributed by atoms with van der Waals surface area (Å²) in [5, 5.41) is 3.64. The number of nitrogens with zero attached hydrogens (tertiary/aromatic N) is 2. The van der Waals surface area contributed by atoms with E-state index in [1.165, 1.54) is 30.4 Å². The largest absolute Gasteiger partial charge is 0.375 e. The fourth-order valence-electron chi connectivity index (χ4n) is 4.60. The number of rotatable bonds is 3. The molecule has 3 atom stereocenters. The molecule has 1 aromatic rings. The van der Waals surface area contributed by atoms with Crippen molar-refractivity contribution in [1.82, 2.24) is 10.2 Å². The van der Waals surface area contributed by atoms with Gasteiger partial charge in [0, 0.05) is 39.2 Å². The molecule has 2 saturated heterocycles. The highest BCUT2D eigenvalue weighted by Gasteiger charge is 2.32. The lowest BCUT2D eigenvalue weighted by Gasteiger charge is -2.37. The van der Waals surface area contributed by atoms with E-state index in [2.05, 4.69) is 39.5 Å². The first-order valence-electron chi connectivity index (χ1n) is 10.1. The number of hydrogen-bond donors (Lipinski definition) is 1. The van der Waals surface area contributed by atoms with Gasteiger partial charge in [0.2, 0.25) is 0 Å². The van der Waals surface area contributed by atoms with E-state index < -0.39 is 0 Å². The predicted octanol–water partition coefficient (Wildman–Crippen LogP) is 3.18. The standard InChI is InChI=1S/C21H31N3O2.HI/c1-22-21(24-11-13-26-20(15-24)19-10-5-12-25-19)23-14-17-8-4-7-16-6-2-3-9-18(16)17;/h2-3,6,9,17,19-20H,4-5,7-8,10-15H2,1H3,(H,22,23);1H. The Morgan fingerprint density at radius 1 is 1.15 bits per heavy atom. The van der Waals surface area contributed by atoms with Crippen LogP contribution in [-0.2, 0) is 15.9 Å². The van der Waals surface area contributed by atoms with E-state index in [0.29, 0.717) is 5.92 Å². The molecule has 1 aliphatic carbocycles. The minimum Gasteiger partial charge on any atom is -0.375 e. The van der Waals surface area contributed by atoms with Gasteiger partial charge in [-0.1, -0.05) is 24.3 Å². The average molecular weight is 485 g/mol. The lowest BCUT2D eigenvalue weighted by molar-refractivity contribution is -0.0817. The van der Waals surface area contributed by atoms with E-state index >= 15 is 0 Å². The molecule has 0 amide bonds. The predicted molar refractivity (Wildman–Crippen MR) is 119 cm³/mol. The number of aliphatic imine (C=N–C) groups is 1. The van der Waals surface area contributed by atoms with Gasteiger partial charge in [-0.15, -0.1) is 24.0 Å². The SMILES string of the molecule is CN=C(NCC1CCCc2ccccc21)N1CCOC(C2CCCO2)C1.I. The van der Waals surface area contributed by atoms with Crippen LogP contribution in [-0.4, -0.2) is 63.0 Å². The summed E-state index contributed by atoms with van der Waals surface area (Å²) < 4.78 is 11.8. The summed E-state index contributed by atoms with van der Waals surface area (Å²) in [7, 11) is 1.88. The van der Waals surface area contributed by atoms with Crippen LogP contribution in [0.3, 0.4) is 0 Å². The molecule has 150 valence electrons. The number of morpholine rings is 1. The zero-order valence-electron chi connectivity index (χ0n) is 16.2. The van der Waals surface area contributed by atoms with Gasteiger partial charge in [-0.3, -0.25) is 4.99 Å². The highest BCUT2D eigenvalue weighted by molar-refractivity contribution is 14.0. The number of guanidine groups is 1. The molecular weight excluding hydrogens is 453 g/mol. The number of fused-ring (bicyclic) bond motifs is 1. The third-order valence-electron chi connectivity index (χ3n) is 5.98. The first-order chi connectivity index (χ1) is 12.8. The third kappa shape index (κ3) is 4.95. The summed E-state index contributed by atoms with van der Waals surface area (Å²) in [4.78, 5) is 6.89. The maximum absolute atomic E-state index is 5.98. The summed E-state index contributed by atoms with van der Waals surface area (Å²) in [5.41, 5.74) is 3.03. The van der Waals surface area contributed by atoms with Crippen LogP contribution in [0.2, 0.25) is 0 Å². The van der Waals surface area contributed by atoms with Crippen molar-refractivity contribution < 1.29 is 9.47 Å². The van der Waals surface area contributed by atoms with E-state index in [9.17, 15) is 0 Å². The molecule has 0 aromatic heterocycles. The van der Waals surface area contributed by atoms with Crippen LogP contribution in [0.15, 0.2) is 29.3 Å². The van der Waals surface area contributed by atoms with Gasteiger partial charge in [-0.2, -0.15) is 0 Å². The van der Waals surface area contributed by atoms with Crippen molar-refractivity contribution >= 4 is 29.9 Å². The average Bonchev–Trinajstić information content (AvgIpc) is 3.24. The molecular formula is C21H32IN3O2. The second-order valence-corrected chi connectivity index (χ2v) is 7.62. The van der Waals surface area contributed by atoms with Crippen molar-refractivity contribution in [2.24, 2.45) is 4.99 Å². The number of halogens is 1. The fraction of sp³-hybridized carbons (Fsp3) is 0.667. The van der Waals surface area contributed by atoms with Crippen LogP contribution in [0.1, 0.15) is 42.7 Å². The molecule has 5 nitrogen and oxygen atoms in total. The first-order valence-corrected chi connectivity index (χ1v) is 10.1. The second kappa shape index (κ2) is 10.1. The van der Waals surface area contributed by atoms with Gasteiger partial charge in [-0.05, 0) is 43.2 Å². The molecule has 3 unspecified atom stereocenters. The number of ether oxygens (including phenoxy) is 2. The van der Waals surface area contributed by atoms with Crippen LogP contribution in [0, 0.1) is 0 Å². The van der Waals surface area contributed by atoms with Gasteiger partial charge in [-0.25, -0.2) is 0 Å². The van der Waals surface area contributed by atoms with Crippen molar-refractivity contribution in [3.63, 3.8) is 0 Å². The lowest BCUT2D eigenvalue weighted by atomic mass is 9.83. The maximum Gasteiger partial charge on any atom is 0.193 e. The Labute approximate surface area is 179 Å². The molecule has 3 aliphatic rings. The second-order valence-electron chi connectivity index (χ2n) is 7.62. The van der Waals surface area contributed by atoms with Crippen molar-refractivity contribution in [1.29, 1.82) is 0 Å². The van der Waals surface area contributed by atoms with Crippen LogP contribution < -0.4 is 5.32 Å². The van der Waals surface area contributed by atoms with E-state index in [1.54, 1.807) is 0 Å².